The molecule has 72 valence electrons. The molecule has 2 N–H and O–H groups in total. The average Bonchev–Trinajstić information content (AvgIpc) is 2.04. The van der Waals surface area contributed by atoms with Gasteiger partial charge >= 0.3 is 0 Å². The molecule has 0 aromatic carbocycles. The molecule has 0 fully saturated rings. The molecule has 0 aromatic rings. The molecule has 0 aliphatic rings. The van der Waals surface area contributed by atoms with Crippen LogP contribution >= 0.6 is 12.6 Å². The first-order chi connectivity index (χ1) is 5.70. The van der Waals surface area contributed by atoms with E-state index in [4.69, 9.17) is 5.41 Å². The molecule has 3 nitrogen and oxygen atoms in total. The van der Waals surface area contributed by atoms with Crippen LogP contribution in [-0.2, 0) is 0 Å². The molecule has 0 spiro atoms. The molecule has 0 aliphatic heterocycles. The fourth-order valence-electron chi connectivity index (χ4n) is 1.05. The van der Waals surface area contributed by atoms with Gasteiger partial charge in [0.15, 0.2) is 5.17 Å². The summed E-state index contributed by atoms with van der Waals surface area (Å²) >= 11 is 3.83. The van der Waals surface area contributed by atoms with Crippen molar-refractivity contribution in [2.45, 2.75) is 20.3 Å². The van der Waals surface area contributed by atoms with Crippen LogP contribution in [-0.4, -0.2) is 36.2 Å². The normalized spacial score (nSPS) is 10.3. The minimum absolute atomic E-state index is 0.259. The molecule has 0 aliphatic carbocycles. The number of rotatable bonds is 6. The molecular weight excluding hydrogens is 170 g/mol. The number of amidine groups is 1. The lowest BCUT2D eigenvalue weighted by molar-refractivity contribution is 0.300. The van der Waals surface area contributed by atoms with Crippen molar-refractivity contribution >= 4 is 17.8 Å². The Morgan fingerprint density at radius 3 is 2.42 bits per heavy atom. The number of thiol groups is 1. The Bertz CT molecular complexity index is 123. The number of hydrogen-bond donors (Lipinski definition) is 3. The predicted octanol–water partition coefficient (Wildman–Crippen LogP) is 1.17. The Morgan fingerprint density at radius 2 is 2.00 bits per heavy atom. The Balaban J connectivity index is 3.23. The smallest absolute Gasteiger partial charge is 0.150 e. The van der Waals surface area contributed by atoms with E-state index in [9.17, 15) is 0 Å². The number of hydrogen-bond acceptors (Lipinski definition) is 2. The maximum Gasteiger partial charge on any atom is 0.150 e. The molecule has 0 bridgehead atoms. The van der Waals surface area contributed by atoms with Gasteiger partial charge in [-0.3, -0.25) is 5.41 Å². The van der Waals surface area contributed by atoms with Gasteiger partial charge in [-0.25, -0.2) is 0 Å². The van der Waals surface area contributed by atoms with Crippen LogP contribution in [0, 0.1) is 5.41 Å². The van der Waals surface area contributed by atoms with Crippen molar-refractivity contribution in [1.29, 1.82) is 5.41 Å². The third-order valence-corrected chi connectivity index (χ3v) is 2.00. The summed E-state index contributed by atoms with van der Waals surface area (Å²) < 4.78 is 0. The molecule has 0 radical (unpaired) electrons. The van der Waals surface area contributed by atoms with Gasteiger partial charge in [0.2, 0.25) is 0 Å². The van der Waals surface area contributed by atoms with Gasteiger partial charge in [0.05, 0.1) is 0 Å². The number of nitrogens with one attached hydrogen (secondary N) is 2. The summed E-state index contributed by atoms with van der Waals surface area (Å²) in [4.78, 5) is 2.36. The Labute approximate surface area is 80.4 Å². The van der Waals surface area contributed by atoms with Crippen LogP contribution in [0.4, 0.5) is 0 Å². The minimum Gasteiger partial charge on any atom is -0.365 e. The van der Waals surface area contributed by atoms with Crippen LogP contribution in [0.25, 0.3) is 0 Å². The first-order valence-corrected chi connectivity index (χ1v) is 4.89. The highest BCUT2D eigenvalue weighted by Gasteiger charge is 1.97. The zero-order chi connectivity index (χ0) is 9.40. The molecule has 0 heterocycles. The van der Waals surface area contributed by atoms with Gasteiger partial charge in [-0.2, -0.15) is 0 Å². The third kappa shape index (κ3) is 6.49. The van der Waals surface area contributed by atoms with E-state index in [1.807, 2.05) is 0 Å². The molecule has 0 saturated carbocycles. The lowest BCUT2D eigenvalue weighted by atomic mass is 10.3. The first-order valence-electron chi connectivity index (χ1n) is 4.44. The topological polar surface area (TPSA) is 39.1 Å². The summed E-state index contributed by atoms with van der Waals surface area (Å²) in [5.41, 5.74) is 0. The average molecular weight is 189 g/mol. The number of nitrogens with zero attached hydrogens (tertiary/aromatic N) is 1. The molecule has 4 heteroatoms. The van der Waals surface area contributed by atoms with E-state index in [0.717, 1.165) is 32.6 Å². The fraction of sp³-hybridized carbons (Fsp3) is 0.875. The second-order valence-corrected chi connectivity index (χ2v) is 3.10. The monoisotopic (exact) mass is 189 g/mol. The van der Waals surface area contributed by atoms with Gasteiger partial charge in [-0.1, -0.05) is 13.8 Å². The Hall–Kier alpha value is -0.220. The highest BCUT2D eigenvalue weighted by atomic mass is 32.1. The van der Waals surface area contributed by atoms with Crippen LogP contribution in [0.5, 0.6) is 0 Å². The fourth-order valence-corrected chi connectivity index (χ4v) is 1.16. The van der Waals surface area contributed by atoms with Crippen molar-refractivity contribution in [2.75, 3.05) is 26.2 Å². The van der Waals surface area contributed by atoms with Crippen LogP contribution in [0.1, 0.15) is 20.3 Å². The Morgan fingerprint density at radius 1 is 1.42 bits per heavy atom. The van der Waals surface area contributed by atoms with Gasteiger partial charge in [0, 0.05) is 6.54 Å². The maximum atomic E-state index is 7.01. The highest BCUT2D eigenvalue weighted by Crippen LogP contribution is 1.89. The van der Waals surface area contributed by atoms with Crippen LogP contribution < -0.4 is 5.32 Å². The zero-order valence-corrected chi connectivity index (χ0v) is 8.82. The molecule has 0 saturated heterocycles. The van der Waals surface area contributed by atoms with E-state index in [1.165, 1.54) is 0 Å². The van der Waals surface area contributed by atoms with E-state index in [-0.39, 0.29) is 5.17 Å². The summed E-state index contributed by atoms with van der Waals surface area (Å²) in [6.07, 6.45) is 1.07. The van der Waals surface area contributed by atoms with E-state index in [2.05, 4.69) is 36.7 Å². The third-order valence-electron chi connectivity index (χ3n) is 1.84. The maximum absolute atomic E-state index is 7.01. The van der Waals surface area contributed by atoms with Crippen molar-refractivity contribution in [3.8, 4) is 0 Å². The van der Waals surface area contributed by atoms with Crippen molar-refractivity contribution in [3.05, 3.63) is 0 Å². The molecule has 0 amide bonds. The summed E-state index contributed by atoms with van der Waals surface area (Å²) in [6.45, 7) is 8.48. The van der Waals surface area contributed by atoms with Gasteiger partial charge < -0.3 is 10.2 Å². The summed E-state index contributed by atoms with van der Waals surface area (Å²) in [5.74, 6) is 0. The molecular formula is C8H19N3S. The van der Waals surface area contributed by atoms with E-state index in [0.29, 0.717) is 0 Å². The lowest BCUT2D eigenvalue weighted by Crippen LogP contribution is -2.28. The summed E-state index contributed by atoms with van der Waals surface area (Å²) in [5, 5.41) is 10.1. The Kier molecular flexibility index (Phi) is 7.29. The lowest BCUT2D eigenvalue weighted by Gasteiger charge is -2.17. The molecule has 0 unspecified atom stereocenters. The summed E-state index contributed by atoms with van der Waals surface area (Å²) in [6, 6.07) is 0. The molecule has 0 aromatic heterocycles. The van der Waals surface area contributed by atoms with Crippen LogP contribution in [0.3, 0.4) is 0 Å². The van der Waals surface area contributed by atoms with E-state index >= 15 is 0 Å². The first kappa shape index (κ1) is 11.8. The van der Waals surface area contributed by atoms with Crippen molar-refractivity contribution < 1.29 is 0 Å². The van der Waals surface area contributed by atoms with Gasteiger partial charge in [0.1, 0.15) is 0 Å². The van der Waals surface area contributed by atoms with E-state index in [1.54, 1.807) is 0 Å². The highest BCUT2D eigenvalue weighted by molar-refractivity contribution is 7.96. The standard InChI is InChI=1S/C8H19N3S/c1-3-11(4-2)7-5-6-10-8(9)12/h3-7H2,1-2H3,(H3,9,10,12). The second-order valence-electron chi connectivity index (χ2n) is 2.66. The molecule has 0 atom stereocenters. The summed E-state index contributed by atoms with van der Waals surface area (Å²) in [7, 11) is 0. The second kappa shape index (κ2) is 7.43. The quantitative estimate of drug-likeness (QED) is 0.254. The van der Waals surface area contributed by atoms with Gasteiger partial charge in [-0.15, -0.1) is 12.6 Å². The van der Waals surface area contributed by atoms with Crippen LogP contribution in [0.2, 0.25) is 0 Å². The van der Waals surface area contributed by atoms with Crippen molar-refractivity contribution in [3.63, 3.8) is 0 Å². The van der Waals surface area contributed by atoms with Gasteiger partial charge in [0.25, 0.3) is 0 Å². The van der Waals surface area contributed by atoms with E-state index < -0.39 is 0 Å². The largest absolute Gasteiger partial charge is 0.365 e. The minimum atomic E-state index is 0.259. The van der Waals surface area contributed by atoms with Gasteiger partial charge in [-0.05, 0) is 26.1 Å². The van der Waals surface area contributed by atoms with Crippen molar-refractivity contribution in [2.24, 2.45) is 0 Å². The molecule has 12 heavy (non-hydrogen) atoms. The van der Waals surface area contributed by atoms with Crippen molar-refractivity contribution in [1.82, 2.24) is 10.2 Å². The van der Waals surface area contributed by atoms with Crippen LogP contribution in [0.15, 0.2) is 0 Å². The molecule has 0 rings (SSSR count). The SMILES string of the molecule is CCN(CC)CCCNC(=N)S. The predicted molar refractivity (Wildman–Crippen MR) is 57.1 cm³/mol. The zero-order valence-electron chi connectivity index (χ0n) is 7.93.